The minimum Gasteiger partial charge on any atom is -0.465 e. The van der Waals surface area contributed by atoms with Crippen molar-refractivity contribution in [3.05, 3.63) is 23.9 Å². The van der Waals surface area contributed by atoms with Crippen molar-refractivity contribution in [2.45, 2.75) is 32.7 Å². The summed E-state index contributed by atoms with van der Waals surface area (Å²) in [5.74, 6) is 0.729. The average Bonchev–Trinajstić information content (AvgIpc) is 3.11. The molecule has 17 heavy (non-hydrogen) atoms. The highest BCUT2D eigenvalue weighted by molar-refractivity contribution is 5.76. The van der Waals surface area contributed by atoms with Gasteiger partial charge >= 0.3 is 5.97 Å². The number of hydrogen-bond donors (Lipinski definition) is 0. The molecule has 92 valence electrons. The summed E-state index contributed by atoms with van der Waals surface area (Å²) in [5, 5.41) is 0. The van der Waals surface area contributed by atoms with E-state index in [0.29, 0.717) is 19.2 Å². The zero-order valence-electron chi connectivity index (χ0n) is 10.3. The Balaban J connectivity index is 2.12. The lowest BCUT2D eigenvalue weighted by Crippen LogP contribution is -2.34. The van der Waals surface area contributed by atoms with Crippen LogP contribution < -0.4 is 4.90 Å². The molecule has 0 N–H and O–H groups in total. The Morgan fingerprint density at radius 2 is 2.35 bits per heavy atom. The third-order valence-corrected chi connectivity index (χ3v) is 2.85. The summed E-state index contributed by atoms with van der Waals surface area (Å²) >= 11 is 0. The number of carbonyl (C=O) groups excluding carboxylic acids is 1. The highest BCUT2D eigenvalue weighted by Crippen LogP contribution is 2.31. The smallest absolute Gasteiger partial charge is 0.325 e. The van der Waals surface area contributed by atoms with Crippen molar-refractivity contribution in [2.24, 2.45) is 0 Å². The van der Waals surface area contributed by atoms with Gasteiger partial charge in [-0.1, -0.05) is 6.07 Å². The quantitative estimate of drug-likeness (QED) is 0.730. The van der Waals surface area contributed by atoms with Gasteiger partial charge in [-0.25, -0.2) is 4.98 Å². The largest absolute Gasteiger partial charge is 0.465 e. The first kappa shape index (κ1) is 11.9. The molecule has 1 fully saturated rings. The molecule has 0 aromatic carbocycles. The molecule has 0 aliphatic heterocycles. The Morgan fingerprint density at radius 3 is 2.94 bits per heavy atom. The zero-order valence-corrected chi connectivity index (χ0v) is 10.3. The summed E-state index contributed by atoms with van der Waals surface area (Å²) in [7, 11) is 0. The lowest BCUT2D eigenvalue weighted by atomic mass is 10.2. The first-order valence-corrected chi connectivity index (χ1v) is 6.06. The van der Waals surface area contributed by atoms with Gasteiger partial charge in [-0.15, -0.1) is 0 Å². The number of esters is 1. The second kappa shape index (κ2) is 5.17. The average molecular weight is 234 g/mol. The van der Waals surface area contributed by atoms with Gasteiger partial charge in [0.1, 0.15) is 12.4 Å². The van der Waals surface area contributed by atoms with E-state index in [2.05, 4.69) is 9.88 Å². The monoisotopic (exact) mass is 234 g/mol. The Morgan fingerprint density at radius 1 is 1.59 bits per heavy atom. The molecule has 4 nitrogen and oxygen atoms in total. The van der Waals surface area contributed by atoms with Crippen molar-refractivity contribution in [1.29, 1.82) is 0 Å². The fraction of sp³-hybridized carbons (Fsp3) is 0.538. The van der Waals surface area contributed by atoms with Gasteiger partial charge in [-0.2, -0.15) is 0 Å². The number of rotatable bonds is 5. The molecule has 2 rings (SSSR count). The van der Waals surface area contributed by atoms with Crippen molar-refractivity contribution in [2.75, 3.05) is 18.1 Å². The van der Waals surface area contributed by atoms with E-state index in [1.165, 1.54) is 0 Å². The number of hydrogen-bond acceptors (Lipinski definition) is 4. The van der Waals surface area contributed by atoms with Crippen LogP contribution in [0.2, 0.25) is 0 Å². The minimum absolute atomic E-state index is 0.176. The normalized spacial score (nSPS) is 14.5. The number of nitrogens with zero attached hydrogens (tertiary/aromatic N) is 2. The van der Waals surface area contributed by atoms with Gasteiger partial charge in [-0.3, -0.25) is 4.79 Å². The molecule has 0 amide bonds. The van der Waals surface area contributed by atoms with Crippen LogP contribution in [0, 0.1) is 6.92 Å². The summed E-state index contributed by atoms with van der Waals surface area (Å²) in [6, 6.07) is 4.38. The van der Waals surface area contributed by atoms with Gasteiger partial charge in [0, 0.05) is 12.2 Å². The molecule has 4 heteroatoms. The predicted octanol–water partition coefficient (Wildman–Crippen LogP) is 1.92. The molecule has 1 aromatic heterocycles. The van der Waals surface area contributed by atoms with E-state index in [1.54, 1.807) is 6.20 Å². The number of aryl methyl sites for hydroxylation is 1. The van der Waals surface area contributed by atoms with Crippen LogP contribution in [-0.2, 0) is 9.53 Å². The molecule has 1 aliphatic carbocycles. The third-order valence-electron chi connectivity index (χ3n) is 2.85. The van der Waals surface area contributed by atoms with E-state index in [1.807, 2.05) is 26.0 Å². The minimum atomic E-state index is -0.176. The molecule has 1 saturated carbocycles. The van der Waals surface area contributed by atoms with Gasteiger partial charge in [0.2, 0.25) is 0 Å². The predicted molar refractivity (Wildman–Crippen MR) is 66.0 cm³/mol. The van der Waals surface area contributed by atoms with Crippen molar-refractivity contribution >= 4 is 11.8 Å². The number of anilines is 1. The van der Waals surface area contributed by atoms with Crippen molar-refractivity contribution in [3.8, 4) is 0 Å². The Kier molecular flexibility index (Phi) is 3.61. The van der Waals surface area contributed by atoms with Crippen LogP contribution in [0.5, 0.6) is 0 Å². The number of aromatic nitrogens is 1. The number of pyridine rings is 1. The van der Waals surface area contributed by atoms with E-state index < -0.39 is 0 Å². The van der Waals surface area contributed by atoms with Crippen LogP contribution in [0.25, 0.3) is 0 Å². The van der Waals surface area contributed by atoms with E-state index >= 15 is 0 Å². The highest BCUT2D eigenvalue weighted by Gasteiger charge is 2.32. The van der Waals surface area contributed by atoms with E-state index in [-0.39, 0.29) is 5.97 Å². The summed E-state index contributed by atoms with van der Waals surface area (Å²) in [5.41, 5.74) is 1.10. The lowest BCUT2D eigenvalue weighted by molar-refractivity contribution is -0.141. The Bertz CT molecular complexity index is 402. The van der Waals surface area contributed by atoms with Crippen LogP contribution in [-0.4, -0.2) is 30.1 Å². The molecule has 1 aliphatic rings. The van der Waals surface area contributed by atoms with Gasteiger partial charge < -0.3 is 9.64 Å². The SMILES string of the molecule is CCOC(=O)CN(c1ncccc1C)C1CC1. The van der Waals surface area contributed by atoms with Gasteiger partial charge in [0.15, 0.2) is 0 Å². The summed E-state index contributed by atoms with van der Waals surface area (Å²) in [6.07, 6.45) is 4.04. The molecule has 0 saturated heterocycles. The first-order valence-electron chi connectivity index (χ1n) is 6.06. The molecule has 0 bridgehead atoms. The second-order valence-corrected chi connectivity index (χ2v) is 4.31. The maximum Gasteiger partial charge on any atom is 0.325 e. The van der Waals surface area contributed by atoms with E-state index in [9.17, 15) is 4.79 Å². The Labute approximate surface area is 102 Å². The summed E-state index contributed by atoms with van der Waals surface area (Å²) in [4.78, 5) is 18.0. The van der Waals surface area contributed by atoms with Crippen LogP contribution in [0.3, 0.4) is 0 Å². The van der Waals surface area contributed by atoms with Crippen molar-refractivity contribution in [1.82, 2.24) is 4.98 Å². The molecule has 0 atom stereocenters. The fourth-order valence-corrected chi connectivity index (χ4v) is 1.89. The summed E-state index contributed by atoms with van der Waals surface area (Å²) < 4.78 is 5.00. The van der Waals surface area contributed by atoms with E-state index in [0.717, 1.165) is 24.2 Å². The Hall–Kier alpha value is -1.58. The van der Waals surface area contributed by atoms with Crippen LogP contribution >= 0.6 is 0 Å². The van der Waals surface area contributed by atoms with Crippen molar-refractivity contribution in [3.63, 3.8) is 0 Å². The topological polar surface area (TPSA) is 42.4 Å². The maximum atomic E-state index is 11.6. The third kappa shape index (κ3) is 2.96. The number of carbonyl (C=O) groups is 1. The first-order chi connectivity index (χ1) is 8.22. The van der Waals surface area contributed by atoms with Gasteiger partial charge in [0.25, 0.3) is 0 Å². The molecular weight excluding hydrogens is 216 g/mol. The van der Waals surface area contributed by atoms with E-state index in [4.69, 9.17) is 4.74 Å². The molecular formula is C13H18N2O2. The lowest BCUT2D eigenvalue weighted by Gasteiger charge is -2.23. The summed E-state index contributed by atoms with van der Waals surface area (Å²) in [6.45, 7) is 4.57. The molecule has 0 radical (unpaired) electrons. The van der Waals surface area contributed by atoms with Gasteiger partial charge in [-0.05, 0) is 38.3 Å². The second-order valence-electron chi connectivity index (χ2n) is 4.31. The van der Waals surface area contributed by atoms with Crippen LogP contribution in [0.15, 0.2) is 18.3 Å². The molecule has 1 heterocycles. The highest BCUT2D eigenvalue weighted by atomic mass is 16.5. The molecule has 0 spiro atoms. The fourth-order valence-electron chi connectivity index (χ4n) is 1.89. The maximum absolute atomic E-state index is 11.6. The molecule has 0 unspecified atom stereocenters. The van der Waals surface area contributed by atoms with Crippen LogP contribution in [0.4, 0.5) is 5.82 Å². The van der Waals surface area contributed by atoms with Crippen molar-refractivity contribution < 1.29 is 9.53 Å². The molecule has 1 aromatic rings. The zero-order chi connectivity index (χ0) is 12.3. The van der Waals surface area contributed by atoms with Gasteiger partial charge in [0.05, 0.1) is 6.61 Å². The number of ether oxygens (including phenoxy) is 1. The standard InChI is InChI=1S/C13H18N2O2/c1-3-17-12(16)9-15(11-6-7-11)13-10(2)5-4-8-14-13/h4-5,8,11H,3,6-7,9H2,1-2H3. The van der Waals surface area contributed by atoms with Crippen LogP contribution in [0.1, 0.15) is 25.3 Å².